The molecule has 1 heterocycles. The van der Waals surface area contributed by atoms with Crippen LogP contribution in [0.15, 0.2) is 137 Å². The van der Waals surface area contributed by atoms with Gasteiger partial charge in [0.15, 0.2) is 4.91 Å². The van der Waals surface area contributed by atoms with Crippen molar-refractivity contribution in [1.29, 1.82) is 5.26 Å². The summed E-state index contributed by atoms with van der Waals surface area (Å²) < 4.78 is 38.9. The van der Waals surface area contributed by atoms with Gasteiger partial charge in [-0.15, -0.1) is 0 Å². The van der Waals surface area contributed by atoms with E-state index >= 15 is 0 Å². The lowest BCUT2D eigenvalue weighted by atomic mass is 9.99. The van der Waals surface area contributed by atoms with Crippen molar-refractivity contribution in [1.82, 2.24) is 0 Å². The number of hydrogen-bond acceptors (Lipinski definition) is 6. The number of para-hydroxylation sites is 2. The zero-order chi connectivity index (χ0) is 29.8. The highest BCUT2D eigenvalue weighted by Crippen LogP contribution is 2.42. The van der Waals surface area contributed by atoms with E-state index in [9.17, 15) is 13.7 Å². The number of methoxy groups -OCH3 is 1. The summed E-state index contributed by atoms with van der Waals surface area (Å²) in [6, 6.07) is 34.9. The summed E-state index contributed by atoms with van der Waals surface area (Å²) in [5.41, 5.74) is 4.50. The van der Waals surface area contributed by atoms with E-state index in [0.717, 1.165) is 28.4 Å². The summed E-state index contributed by atoms with van der Waals surface area (Å²) in [7, 11) is -2.35. The minimum Gasteiger partial charge on any atom is -0.497 e. The Bertz CT molecular complexity index is 1930. The fourth-order valence-electron chi connectivity index (χ4n) is 5.20. The summed E-state index contributed by atoms with van der Waals surface area (Å²) in [6.07, 6.45) is 7.85. The maximum atomic E-state index is 13.6. The van der Waals surface area contributed by atoms with Crippen LogP contribution in [0.3, 0.4) is 0 Å². The maximum absolute atomic E-state index is 13.6. The van der Waals surface area contributed by atoms with Crippen molar-refractivity contribution in [2.24, 2.45) is 0 Å². The fourth-order valence-corrected chi connectivity index (χ4v) is 6.68. The molecule has 6 rings (SSSR count). The third-order valence-corrected chi connectivity index (χ3v) is 9.24. The van der Waals surface area contributed by atoms with Gasteiger partial charge >= 0.3 is 0 Å². The fraction of sp³-hybridized carbons (Fsp3) is 0.0833. The molecular formula is C36H28N2O4S. The van der Waals surface area contributed by atoms with Crippen LogP contribution in [-0.4, -0.2) is 15.5 Å². The first-order chi connectivity index (χ1) is 21.0. The van der Waals surface area contributed by atoms with Gasteiger partial charge in [-0.25, -0.2) is 8.42 Å². The first kappa shape index (κ1) is 27.8. The van der Waals surface area contributed by atoms with Crippen LogP contribution < -0.4 is 14.4 Å². The number of allylic oxidation sites excluding steroid dienone is 7. The van der Waals surface area contributed by atoms with Crippen LogP contribution in [0.25, 0.3) is 11.3 Å². The zero-order valence-electron chi connectivity index (χ0n) is 23.5. The molecule has 0 atom stereocenters. The number of sulfone groups is 1. The van der Waals surface area contributed by atoms with E-state index in [0.29, 0.717) is 35.5 Å². The molecule has 2 aliphatic rings. The van der Waals surface area contributed by atoms with Gasteiger partial charge in [0.1, 0.15) is 23.3 Å². The Kier molecular flexibility index (Phi) is 7.69. The summed E-state index contributed by atoms with van der Waals surface area (Å²) in [5.74, 6) is 1.72. The number of nitriles is 1. The number of rotatable bonds is 7. The van der Waals surface area contributed by atoms with Crippen molar-refractivity contribution in [3.8, 4) is 17.6 Å². The van der Waals surface area contributed by atoms with Crippen molar-refractivity contribution >= 4 is 38.2 Å². The normalized spacial score (nSPS) is 15.3. The third kappa shape index (κ3) is 5.49. The first-order valence-electron chi connectivity index (χ1n) is 13.8. The molecule has 4 aromatic carbocycles. The van der Waals surface area contributed by atoms with Crippen LogP contribution in [0.4, 0.5) is 17.1 Å². The molecule has 43 heavy (non-hydrogen) atoms. The van der Waals surface area contributed by atoms with Gasteiger partial charge in [0.05, 0.1) is 12.0 Å². The molecule has 0 radical (unpaired) electrons. The van der Waals surface area contributed by atoms with Crippen LogP contribution in [-0.2, 0) is 9.84 Å². The van der Waals surface area contributed by atoms with Gasteiger partial charge in [-0.05, 0) is 91.7 Å². The molecule has 0 spiro atoms. The Morgan fingerprint density at radius 1 is 0.860 bits per heavy atom. The molecule has 0 unspecified atom stereocenters. The lowest BCUT2D eigenvalue weighted by Crippen LogP contribution is -2.12. The Hall–Kier alpha value is -5.32. The van der Waals surface area contributed by atoms with Gasteiger partial charge in [0.25, 0.3) is 0 Å². The molecule has 212 valence electrons. The van der Waals surface area contributed by atoms with E-state index in [2.05, 4.69) is 4.90 Å². The van der Waals surface area contributed by atoms with Gasteiger partial charge in [-0.2, -0.15) is 5.26 Å². The number of benzene rings is 4. The second-order valence-corrected chi connectivity index (χ2v) is 11.9. The zero-order valence-corrected chi connectivity index (χ0v) is 24.3. The van der Waals surface area contributed by atoms with E-state index in [1.807, 2.05) is 97.1 Å². The number of hydrogen-bond donors (Lipinski definition) is 0. The summed E-state index contributed by atoms with van der Waals surface area (Å²) in [6.45, 7) is 0. The van der Waals surface area contributed by atoms with Crippen molar-refractivity contribution in [3.63, 3.8) is 0 Å². The maximum Gasteiger partial charge on any atom is 0.213 e. The van der Waals surface area contributed by atoms with E-state index in [1.165, 1.54) is 0 Å². The molecule has 0 aromatic heterocycles. The SMILES string of the molecule is COc1ccc(N(c2ccccc2)c2ccc(C3=C/C(=C(/C#N)S(=O)(=O)C4=CC=CCC4)c4ccccc4O3)cc2)cc1. The number of nitrogens with zero attached hydrogens (tertiary/aromatic N) is 2. The molecule has 0 bridgehead atoms. The van der Waals surface area contributed by atoms with Gasteiger partial charge < -0.3 is 14.4 Å². The molecule has 4 aromatic rings. The summed E-state index contributed by atoms with van der Waals surface area (Å²) in [5, 5.41) is 10.2. The molecule has 1 aliphatic heterocycles. The van der Waals surface area contributed by atoms with Crippen LogP contribution in [0, 0.1) is 11.3 Å². The minimum atomic E-state index is -3.99. The van der Waals surface area contributed by atoms with Gasteiger partial charge in [0.2, 0.25) is 9.84 Å². The molecule has 0 amide bonds. The smallest absolute Gasteiger partial charge is 0.213 e. The largest absolute Gasteiger partial charge is 0.497 e. The molecule has 6 nitrogen and oxygen atoms in total. The standard InChI is InChI=1S/C36H28N2O4S/c1-41-30-22-20-29(21-23-30)38(27-10-4-2-5-11-27)28-18-16-26(17-19-28)35-24-33(32-14-8-9-15-34(32)42-35)36(25-37)43(39,40)31-12-6-3-7-13-31/h2-6,8-12,14-24H,7,13H2,1H3/b36-33+. The molecule has 0 fully saturated rings. The van der Waals surface area contributed by atoms with Gasteiger partial charge in [-0.3, -0.25) is 0 Å². The lowest BCUT2D eigenvalue weighted by molar-refractivity contribution is 0.415. The van der Waals surface area contributed by atoms with Crippen molar-refractivity contribution < 1.29 is 17.9 Å². The molecule has 0 saturated heterocycles. The number of fused-ring (bicyclic) bond motifs is 1. The van der Waals surface area contributed by atoms with E-state index < -0.39 is 9.84 Å². The summed E-state index contributed by atoms with van der Waals surface area (Å²) >= 11 is 0. The Balaban J connectivity index is 1.43. The quantitative estimate of drug-likeness (QED) is 0.203. The van der Waals surface area contributed by atoms with E-state index in [4.69, 9.17) is 9.47 Å². The monoisotopic (exact) mass is 584 g/mol. The molecule has 1 aliphatic carbocycles. The Morgan fingerprint density at radius 2 is 1.51 bits per heavy atom. The molecular weight excluding hydrogens is 556 g/mol. The predicted octanol–water partition coefficient (Wildman–Crippen LogP) is 8.48. The van der Waals surface area contributed by atoms with Crippen molar-refractivity contribution in [2.45, 2.75) is 12.8 Å². The van der Waals surface area contributed by atoms with E-state index in [1.54, 1.807) is 43.5 Å². The summed E-state index contributed by atoms with van der Waals surface area (Å²) in [4.78, 5) is 2.09. The highest BCUT2D eigenvalue weighted by Gasteiger charge is 2.30. The number of anilines is 3. The van der Waals surface area contributed by atoms with Crippen LogP contribution in [0.2, 0.25) is 0 Å². The third-order valence-electron chi connectivity index (χ3n) is 7.36. The van der Waals surface area contributed by atoms with Crippen molar-refractivity contribution in [3.05, 3.63) is 148 Å². The van der Waals surface area contributed by atoms with Gasteiger partial charge in [0, 0.05) is 33.8 Å². The second kappa shape index (κ2) is 11.9. The minimum absolute atomic E-state index is 0.238. The van der Waals surface area contributed by atoms with Gasteiger partial charge in [-0.1, -0.05) is 48.6 Å². The van der Waals surface area contributed by atoms with Crippen LogP contribution >= 0.6 is 0 Å². The highest BCUT2D eigenvalue weighted by molar-refractivity contribution is 7.99. The molecule has 0 N–H and O–H groups in total. The highest BCUT2D eigenvalue weighted by atomic mass is 32.2. The average Bonchev–Trinajstić information content (AvgIpc) is 3.06. The molecule has 0 saturated carbocycles. The number of ether oxygens (including phenoxy) is 2. The Labute approximate surface area is 251 Å². The molecule has 7 heteroatoms. The second-order valence-electron chi connectivity index (χ2n) is 9.98. The average molecular weight is 585 g/mol. The Morgan fingerprint density at radius 3 is 2.16 bits per heavy atom. The van der Waals surface area contributed by atoms with Crippen LogP contribution in [0.5, 0.6) is 11.5 Å². The topological polar surface area (TPSA) is 79.6 Å². The van der Waals surface area contributed by atoms with Crippen LogP contribution in [0.1, 0.15) is 24.0 Å². The predicted molar refractivity (Wildman–Crippen MR) is 171 cm³/mol. The lowest BCUT2D eigenvalue weighted by Gasteiger charge is -2.26. The van der Waals surface area contributed by atoms with E-state index in [-0.39, 0.29) is 9.81 Å². The van der Waals surface area contributed by atoms with Crippen molar-refractivity contribution in [2.75, 3.05) is 12.0 Å². The first-order valence-corrected chi connectivity index (χ1v) is 15.3.